The summed E-state index contributed by atoms with van der Waals surface area (Å²) in [7, 11) is 1.90. The van der Waals surface area contributed by atoms with E-state index in [9.17, 15) is 9.59 Å². The zero-order valence-electron chi connectivity index (χ0n) is 14.5. The van der Waals surface area contributed by atoms with Crippen LogP contribution in [0, 0.1) is 0 Å². The summed E-state index contributed by atoms with van der Waals surface area (Å²) in [5.74, 6) is 1.40. The molecule has 0 atom stereocenters. The molecule has 27 heavy (non-hydrogen) atoms. The number of carbonyl (C=O) groups is 2. The molecule has 0 fully saturated rings. The second kappa shape index (κ2) is 7.53. The smallest absolute Gasteiger partial charge is 0.262 e. The maximum Gasteiger partial charge on any atom is 0.262 e. The van der Waals surface area contributed by atoms with Crippen LogP contribution in [0.1, 0.15) is 21.1 Å². The van der Waals surface area contributed by atoms with E-state index < -0.39 is 0 Å². The van der Waals surface area contributed by atoms with E-state index in [4.69, 9.17) is 4.74 Å². The van der Waals surface area contributed by atoms with Gasteiger partial charge < -0.3 is 14.6 Å². The topological polar surface area (TPSA) is 86.1 Å². The van der Waals surface area contributed by atoms with E-state index in [1.165, 1.54) is 16.6 Å². The van der Waals surface area contributed by atoms with Crippen molar-refractivity contribution >= 4 is 40.5 Å². The van der Waals surface area contributed by atoms with Crippen molar-refractivity contribution in [1.29, 1.82) is 0 Å². The zero-order chi connectivity index (χ0) is 18.8. The number of thiophene rings is 1. The number of carbonyl (C=O) groups excluding carboxylic acids is 2. The number of hydrogen-bond donors (Lipinski definition) is 1. The van der Waals surface area contributed by atoms with Gasteiger partial charge in [-0.05, 0) is 29.6 Å². The molecule has 2 aromatic heterocycles. The summed E-state index contributed by atoms with van der Waals surface area (Å²) in [6.45, 7) is -0.00386. The third-order valence-corrected chi connectivity index (χ3v) is 6.00. The average molecular weight is 400 g/mol. The first-order valence-electron chi connectivity index (χ1n) is 8.23. The molecule has 7 nitrogen and oxygen atoms in total. The van der Waals surface area contributed by atoms with Crippen molar-refractivity contribution in [3.8, 4) is 5.75 Å². The van der Waals surface area contributed by atoms with Gasteiger partial charge in [-0.3, -0.25) is 9.59 Å². The highest BCUT2D eigenvalue weighted by Gasteiger charge is 2.19. The summed E-state index contributed by atoms with van der Waals surface area (Å²) in [4.78, 5) is 25.2. The molecule has 1 aliphatic rings. The van der Waals surface area contributed by atoms with Crippen LogP contribution in [-0.4, -0.2) is 38.8 Å². The lowest BCUT2D eigenvalue weighted by Crippen LogP contribution is -2.25. The van der Waals surface area contributed by atoms with Crippen molar-refractivity contribution in [2.45, 2.75) is 11.6 Å². The van der Waals surface area contributed by atoms with E-state index in [1.54, 1.807) is 29.5 Å². The minimum absolute atomic E-state index is 0.00386. The number of anilines is 1. The molecule has 1 aromatic carbocycles. The first kappa shape index (κ1) is 17.7. The lowest BCUT2D eigenvalue weighted by molar-refractivity contribution is -0.118. The fraction of sp³-hybridized carbons (Fsp3) is 0.222. The summed E-state index contributed by atoms with van der Waals surface area (Å²) in [6, 6.07) is 9.13. The first-order valence-corrected chi connectivity index (χ1v) is 10.1. The van der Waals surface area contributed by atoms with Gasteiger partial charge in [-0.1, -0.05) is 17.8 Å². The molecule has 0 aliphatic carbocycles. The van der Waals surface area contributed by atoms with Crippen LogP contribution in [0.3, 0.4) is 0 Å². The number of nitrogens with one attached hydrogen (secondary N) is 1. The van der Waals surface area contributed by atoms with Crippen LogP contribution in [0.2, 0.25) is 0 Å². The van der Waals surface area contributed by atoms with Gasteiger partial charge in [0.1, 0.15) is 11.6 Å². The standard InChI is InChI=1S/C18H16N4O3S2/c1-22-16(8-12-3-2-6-26-12)20-21-18(22)27-10-14(23)11-4-5-15-13(7-11)19-17(24)9-25-15/h2-7H,8-10H2,1H3,(H,19,24). The molecule has 1 N–H and O–H groups in total. The van der Waals surface area contributed by atoms with Crippen LogP contribution < -0.4 is 10.1 Å². The van der Waals surface area contributed by atoms with Crippen molar-refractivity contribution < 1.29 is 14.3 Å². The van der Waals surface area contributed by atoms with E-state index in [0.29, 0.717) is 22.2 Å². The summed E-state index contributed by atoms with van der Waals surface area (Å²) < 4.78 is 7.23. The Balaban J connectivity index is 1.42. The molecule has 9 heteroatoms. The third kappa shape index (κ3) is 3.88. The number of rotatable bonds is 6. The number of ether oxygens (including phenoxy) is 1. The van der Waals surface area contributed by atoms with E-state index in [2.05, 4.69) is 21.6 Å². The molecule has 1 amide bonds. The predicted octanol–water partition coefficient (Wildman–Crippen LogP) is 2.77. The van der Waals surface area contributed by atoms with Gasteiger partial charge in [0.15, 0.2) is 17.5 Å². The number of amides is 1. The fourth-order valence-corrected chi connectivity index (χ4v) is 4.19. The third-order valence-electron chi connectivity index (χ3n) is 4.10. The molecule has 0 bridgehead atoms. The summed E-state index contributed by atoms with van der Waals surface area (Å²) in [5.41, 5.74) is 1.05. The molecule has 0 saturated heterocycles. The lowest BCUT2D eigenvalue weighted by Gasteiger charge is -2.18. The summed E-state index contributed by atoms with van der Waals surface area (Å²) in [5, 5.41) is 13.9. The Labute approximate surface area is 163 Å². The molecular weight excluding hydrogens is 384 g/mol. The Hall–Kier alpha value is -2.65. The maximum atomic E-state index is 12.5. The quantitative estimate of drug-likeness (QED) is 0.506. The van der Waals surface area contributed by atoms with E-state index in [-0.39, 0.29) is 24.1 Å². The Morgan fingerprint density at radius 2 is 2.26 bits per heavy atom. The van der Waals surface area contributed by atoms with Gasteiger partial charge in [0.2, 0.25) is 0 Å². The molecule has 0 unspecified atom stereocenters. The Bertz CT molecular complexity index is 998. The molecule has 3 aromatic rings. The van der Waals surface area contributed by atoms with Crippen molar-refractivity contribution in [3.05, 3.63) is 52.0 Å². The lowest BCUT2D eigenvalue weighted by atomic mass is 10.1. The highest BCUT2D eigenvalue weighted by Crippen LogP contribution is 2.29. The van der Waals surface area contributed by atoms with Gasteiger partial charge >= 0.3 is 0 Å². The summed E-state index contributed by atoms with van der Waals surface area (Å²) >= 11 is 3.03. The maximum absolute atomic E-state index is 12.5. The fourth-order valence-electron chi connectivity index (χ4n) is 2.66. The number of ketones is 1. The molecule has 3 heterocycles. The van der Waals surface area contributed by atoms with Gasteiger partial charge in [0, 0.05) is 23.9 Å². The second-order valence-corrected chi connectivity index (χ2v) is 7.95. The molecule has 0 saturated carbocycles. The van der Waals surface area contributed by atoms with Gasteiger partial charge in [0.05, 0.1) is 11.4 Å². The predicted molar refractivity (Wildman–Crippen MR) is 104 cm³/mol. The van der Waals surface area contributed by atoms with Crippen LogP contribution in [-0.2, 0) is 18.3 Å². The van der Waals surface area contributed by atoms with Gasteiger partial charge in [0.25, 0.3) is 5.91 Å². The van der Waals surface area contributed by atoms with Crippen LogP contribution in [0.4, 0.5) is 5.69 Å². The van der Waals surface area contributed by atoms with Crippen molar-refractivity contribution in [2.75, 3.05) is 17.7 Å². The molecule has 0 spiro atoms. The van der Waals surface area contributed by atoms with Crippen LogP contribution in [0.25, 0.3) is 0 Å². The van der Waals surface area contributed by atoms with E-state index in [0.717, 1.165) is 12.2 Å². The largest absolute Gasteiger partial charge is 0.482 e. The summed E-state index contributed by atoms with van der Waals surface area (Å²) in [6.07, 6.45) is 0.722. The highest BCUT2D eigenvalue weighted by atomic mass is 32.2. The van der Waals surface area contributed by atoms with Crippen LogP contribution in [0.5, 0.6) is 5.75 Å². The van der Waals surface area contributed by atoms with Gasteiger partial charge in [-0.25, -0.2) is 0 Å². The number of thioether (sulfide) groups is 1. The number of Topliss-reactive ketones (excluding diaryl/α,β-unsaturated/α-hetero) is 1. The zero-order valence-corrected chi connectivity index (χ0v) is 16.1. The van der Waals surface area contributed by atoms with Crippen molar-refractivity contribution in [3.63, 3.8) is 0 Å². The van der Waals surface area contributed by atoms with Gasteiger partial charge in [-0.15, -0.1) is 21.5 Å². The number of fused-ring (bicyclic) bond motifs is 1. The molecule has 0 radical (unpaired) electrons. The second-order valence-electron chi connectivity index (χ2n) is 5.97. The monoisotopic (exact) mass is 400 g/mol. The van der Waals surface area contributed by atoms with Crippen molar-refractivity contribution in [1.82, 2.24) is 14.8 Å². The first-order chi connectivity index (χ1) is 13.1. The van der Waals surface area contributed by atoms with Crippen LogP contribution >= 0.6 is 23.1 Å². The average Bonchev–Trinajstić information content (AvgIpc) is 3.30. The van der Waals surface area contributed by atoms with Crippen LogP contribution in [0.15, 0.2) is 40.9 Å². The molecule has 4 rings (SSSR count). The Morgan fingerprint density at radius 3 is 3.07 bits per heavy atom. The van der Waals surface area contributed by atoms with E-state index in [1.807, 2.05) is 23.1 Å². The number of hydrogen-bond acceptors (Lipinski definition) is 7. The minimum atomic E-state index is -0.223. The normalized spacial score (nSPS) is 13.0. The number of aromatic nitrogens is 3. The molecular formula is C18H16N4O3S2. The van der Waals surface area contributed by atoms with Crippen molar-refractivity contribution in [2.24, 2.45) is 7.05 Å². The molecule has 138 valence electrons. The van der Waals surface area contributed by atoms with E-state index >= 15 is 0 Å². The Morgan fingerprint density at radius 1 is 1.37 bits per heavy atom. The Kier molecular flexibility index (Phi) is 4.95. The minimum Gasteiger partial charge on any atom is -0.482 e. The molecule has 1 aliphatic heterocycles. The highest BCUT2D eigenvalue weighted by molar-refractivity contribution is 7.99. The number of benzene rings is 1. The van der Waals surface area contributed by atoms with Gasteiger partial charge in [-0.2, -0.15) is 0 Å². The SMILES string of the molecule is Cn1c(Cc2cccs2)nnc1SCC(=O)c1ccc2c(c1)NC(=O)CO2. The number of nitrogens with zero attached hydrogens (tertiary/aromatic N) is 3.